The molecule has 0 radical (unpaired) electrons. The van der Waals surface area contributed by atoms with Gasteiger partial charge in [0.2, 0.25) is 0 Å². The summed E-state index contributed by atoms with van der Waals surface area (Å²) in [5.74, 6) is -0.931. The molecular weight excluding hydrogens is 172 g/mol. The Labute approximate surface area is 74.5 Å². The van der Waals surface area contributed by atoms with Gasteiger partial charge in [-0.3, -0.25) is 0 Å². The fourth-order valence-electron chi connectivity index (χ4n) is 0.477. The first-order valence-corrected chi connectivity index (χ1v) is 3.31. The number of aromatic hydroxyl groups is 1. The Morgan fingerprint density at radius 3 is 2.08 bits per heavy atom. The predicted molar refractivity (Wildman–Crippen MR) is 45.4 cm³/mol. The summed E-state index contributed by atoms with van der Waals surface area (Å²) in [6.07, 6.45) is 0.389. The average molecular weight is 180 g/mol. The zero-order valence-electron chi connectivity index (χ0n) is 6.66. The average Bonchev–Trinajstić information content (AvgIpc) is 2.06. The van der Waals surface area contributed by atoms with E-state index in [0.29, 0.717) is 12.0 Å². The summed E-state index contributed by atoms with van der Waals surface area (Å²) in [6, 6.07) is 8.71. The van der Waals surface area contributed by atoms with Crippen LogP contribution in [-0.2, 0) is 4.79 Å². The summed E-state index contributed by atoms with van der Waals surface area (Å²) in [5.41, 5.74) is 7.43. The molecule has 0 amide bonds. The van der Waals surface area contributed by atoms with Gasteiger partial charge in [0.15, 0.2) is 0 Å². The number of hydrogen-bond donors (Lipinski definition) is 2. The van der Waals surface area contributed by atoms with Crippen LogP contribution in [0.25, 0.3) is 5.53 Å². The van der Waals surface area contributed by atoms with E-state index in [1.807, 2.05) is 6.07 Å². The van der Waals surface area contributed by atoms with Crippen molar-refractivity contribution in [3.8, 4) is 5.75 Å². The highest BCUT2D eigenvalue weighted by Gasteiger charge is 1.88. The van der Waals surface area contributed by atoms with Crippen molar-refractivity contribution in [2.24, 2.45) is 0 Å². The molecule has 0 spiro atoms. The number of carbonyl (C=O) groups is 1. The van der Waals surface area contributed by atoms with Gasteiger partial charge in [0, 0.05) is 0 Å². The largest absolute Gasteiger partial charge is 0.508 e. The summed E-state index contributed by atoms with van der Waals surface area (Å²) in [5, 5.41) is 16.2. The summed E-state index contributed by atoms with van der Waals surface area (Å²) in [6.45, 7) is 0. The van der Waals surface area contributed by atoms with Gasteiger partial charge in [-0.2, -0.15) is 4.79 Å². The van der Waals surface area contributed by atoms with Crippen LogP contribution in [0, 0.1) is 0 Å². The van der Waals surface area contributed by atoms with Crippen molar-refractivity contribution in [3.63, 3.8) is 0 Å². The number of hydrogen-bond acceptors (Lipinski definition) is 2. The molecule has 1 rings (SSSR count). The zero-order valence-corrected chi connectivity index (χ0v) is 6.66. The molecule has 0 saturated carbocycles. The van der Waals surface area contributed by atoms with Gasteiger partial charge in [-0.05, 0) is 12.1 Å². The third kappa shape index (κ3) is 7.77. The minimum atomic E-state index is -1.25. The topological polar surface area (TPSA) is 93.9 Å². The molecule has 0 aliphatic rings. The number of carboxylic acids is 1. The summed E-state index contributed by atoms with van der Waals surface area (Å²) in [4.78, 5) is 11.5. The van der Waals surface area contributed by atoms with Gasteiger partial charge in [-0.15, -0.1) is 0 Å². The first kappa shape index (κ1) is 10.9. The lowest BCUT2D eigenvalue weighted by atomic mass is 10.3. The van der Waals surface area contributed by atoms with Gasteiger partial charge in [-0.25, -0.2) is 4.79 Å². The highest BCUT2D eigenvalue weighted by molar-refractivity contribution is 6.19. The fraction of sp³-hybridized carbons (Fsp3) is 0. The Hall–Kier alpha value is -2.13. The smallest absolute Gasteiger partial charge is 0.411 e. The van der Waals surface area contributed by atoms with E-state index >= 15 is 0 Å². The molecule has 13 heavy (non-hydrogen) atoms. The maximum absolute atomic E-state index is 9.29. The van der Waals surface area contributed by atoms with Gasteiger partial charge in [0.05, 0.1) is 0 Å². The number of benzene rings is 1. The minimum absolute atomic E-state index is 0.322. The lowest BCUT2D eigenvalue weighted by Crippen LogP contribution is -1.94. The molecule has 5 heteroatoms. The van der Waals surface area contributed by atoms with Gasteiger partial charge in [0.1, 0.15) is 5.75 Å². The molecule has 0 aliphatic carbocycles. The molecule has 0 fully saturated rings. The Kier molecular flexibility index (Phi) is 5.50. The first-order chi connectivity index (χ1) is 6.16. The van der Waals surface area contributed by atoms with Crippen LogP contribution in [0.5, 0.6) is 5.75 Å². The van der Waals surface area contributed by atoms with E-state index in [2.05, 4.69) is 4.79 Å². The van der Waals surface area contributed by atoms with Gasteiger partial charge in [0.25, 0.3) is 0 Å². The highest BCUT2D eigenvalue weighted by Crippen LogP contribution is 2.02. The zero-order chi connectivity index (χ0) is 10.1. The van der Waals surface area contributed by atoms with Crippen LogP contribution in [0.15, 0.2) is 30.3 Å². The van der Waals surface area contributed by atoms with E-state index < -0.39 is 5.97 Å². The Morgan fingerprint density at radius 1 is 1.38 bits per heavy atom. The van der Waals surface area contributed by atoms with Gasteiger partial charge in [-0.1, -0.05) is 18.2 Å². The predicted octanol–water partition coefficient (Wildman–Crippen LogP) is 0.764. The second-order valence-corrected chi connectivity index (χ2v) is 1.92. The van der Waals surface area contributed by atoms with Crippen molar-refractivity contribution in [1.29, 1.82) is 0 Å². The Morgan fingerprint density at radius 2 is 1.92 bits per heavy atom. The van der Waals surface area contributed by atoms with Crippen molar-refractivity contribution < 1.29 is 19.8 Å². The van der Waals surface area contributed by atoms with E-state index in [-0.39, 0.29) is 0 Å². The molecule has 5 nitrogen and oxygen atoms in total. The Bertz CT molecular complexity index is 304. The monoisotopic (exact) mass is 180 g/mol. The third-order valence-corrected chi connectivity index (χ3v) is 0.924. The maximum Gasteiger partial charge on any atom is 0.411 e. The molecule has 1 aromatic carbocycles. The second kappa shape index (κ2) is 6.57. The molecule has 0 unspecified atom stereocenters. The quantitative estimate of drug-likeness (QED) is 0.379. The van der Waals surface area contributed by atoms with E-state index in [9.17, 15) is 4.79 Å². The fourth-order valence-corrected chi connectivity index (χ4v) is 0.477. The lowest BCUT2D eigenvalue weighted by molar-refractivity contribution is -0.132. The van der Waals surface area contributed by atoms with Crippen molar-refractivity contribution in [2.45, 2.75) is 0 Å². The van der Waals surface area contributed by atoms with Crippen LogP contribution in [0.4, 0.5) is 0 Å². The normalized spacial score (nSPS) is 7.38. The molecule has 0 aromatic heterocycles. The first-order valence-electron chi connectivity index (χ1n) is 3.31. The number of phenols is 1. The number of rotatable bonds is 1. The van der Waals surface area contributed by atoms with Crippen LogP contribution >= 0.6 is 0 Å². The van der Waals surface area contributed by atoms with Crippen molar-refractivity contribution >= 4 is 12.2 Å². The van der Waals surface area contributed by atoms with Gasteiger partial charge < -0.3 is 15.7 Å². The lowest BCUT2D eigenvalue weighted by Gasteiger charge is -1.82. The Balaban J connectivity index is 0.000000226. The second-order valence-electron chi connectivity index (χ2n) is 1.92. The SMILES string of the molecule is Oc1ccccc1.[N-]=[N+]=CC(=O)O. The minimum Gasteiger partial charge on any atom is -0.508 e. The maximum atomic E-state index is 9.29. The summed E-state index contributed by atoms with van der Waals surface area (Å²) in [7, 11) is 0. The molecule has 1 aromatic rings. The van der Waals surface area contributed by atoms with Gasteiger partial charge >= 0.3 is 12.2 Å². The molecule has 0 aliphatic heterocycles. The van der Waals surface area contributed by atoms with Crippen LogP contribution in [0.2, 0.25) is 0 Å². The van der Waals surface area contributed by atoms with E-state index in [0.717, 1.165) is 0 Å². The van der Waals surface area contributed by atoms with E-state index in [4.69, 9.17) is 15.7 Å². The molecule has 0 bridgehead atoms. The van der Waals surface area contributed by atoms with Crippen LogP contribution in [-0.4, -0.2) is 27.2 Å². The van der Waals surface area contributed by atoms with Crippen LogP contribution in [0.3, 0.4) is 0 Å². The van der Waals surface area contributed by atoms with E-state index in [1.54, 1.807) is 24.3 Å². The summed E-state index contributed by atoms with van der Waals surface area (Å²) >= 11 is 0. The number of para-hydroxylation sites is 1. The molecule has 2 N–H and O–H groups in total. The summed E-state index contributed by atoms with van der Waals surface area (Å²) < 4.78 is 0. The highest BCUT2D eigenvalue weighted by atomic mass is 16.4. The number of phenolic OH excluding ortho intramolecular Hbond substituents is 1. The van der Waals surface area contributed by atoms with E-state index in [1.165, 1.54) is 0 Å². The number of aliphatic carboxylic acids is 1. The molecular formula is C8H8N2O3. The van der Waals surface area contributed by atoms with Crippen LogP contribution in [0.1, 0.15) is 0 Å². The van der Waals surface area contributed by atoms with Crippen molar-refractivity contribution in [2.75, 3.05) is 0 Å². The molecule has 0 saturated heterocycles. The van der Waals surface area contributed by atoms with Crippen LogP contribution < -0.4 is 0 Å². The number of nitrogens with zero attached hydrogens (tertiary/aromatic N) is 2. The standard InChI is InChI=1S/C6H6O.C2H2N2O2/c7-6-4-2-1-3-5-6;3-4-1-2(5)6/h1-5,7H;1H,(H,5,6). The molecule has 68 valence electrons. The molecule has 0 atom stereocenters. The van der Waals surface area contributed by atoms with Crippen molar-refractivity contribution in [3.05, 3.63) is 35.9 Å². The molecule has 0 heterocycles. The number of carboxylic acid groups (broad SMARTS) is 1. The third-order valence-electron chi connectivity index (χ3n) is 0.924. The van der Waals surface area contributed by atoms with Crippen molar-refractivity contribution in [1.82, 2.24) is 0 Å².